The molecule has 2 aromatic carbocycles. The van der Waals surface area contributed by atoms with Crippen molar-refractivity contribution >= 4 is 11.8 Å². The standard InChI is InChI=1S/C21H26N2O3/c1-16-8-7-11-19(14-16)26-13-12-23(3)20(24)15-17(2)22-21(25)18-9-5-4-6-10-18/h4-11,14,17H,12-13,15H2,1-3H3,(H,22,25). The number of hydrogen-bond donors (Lipinski definition) is 1. The average molecular weight is 354 g/mol. The maximum atomic E-state index is 12.3. The maximum absolute atomic E-state index is 12.3. The van der Waals surface area contributed by atoms with Crippen molar-refractivity contribution in [2.45, 2.75) is 26.3 Å². The predicted molar refractivity (Wildman–Crippen MR) is 102 cm³/mol. The Labute approximate surface area is 155 Å². The Morgan fingerprint density at radius 1 is 1.12 bits per heavy atom. The number of carbonyl (C=O) groups is 2. The van der Waals surface area contributed by atoms with Crippen LogP contribution in [0.25, 0.3) is 0 Å². The zero-order valence-electron chi connectivity index (χ0n) is 15.6. The Balaban J connectivity index is 1.73. The molecule has 0 aromatic heterocycles. The molecule has 0 saturated heterocycles. The van der Waals surface area contributed by atoms with Crippen LogP contribution in [-0.2, 0) is 4.79 Å². The monoisotopic (exact) mass is 354 g/mol. The molecule has 0 radical (unpaired) electrons. The van der Waals surface area contributed by atoms with Crippen molar-refractivity contribution in [2.24, 2.45) is 0 Å². The third kappa shape index (κ3) is 6.24. The molecule has 5 nitrogen and oxygen atoms in total. The largest absolute Gasteiger partial charge is 0.492 e. The first-order chi connectivity index (χ1) is 12.5. The number of amides is 2. The van der Waals surface area contributed by atoms with Gasteiger partial charge in [-0.05, 0) is 43.7 Å². The fourth-order valence-electron chi connectivity index (χ4n) is 2.50. The third-order valence-electron chi connectivity index (χ3n) is 4.00. The fraction of sp³-hybridized carbons (Fsp3) is 0.333. The molecule has 138 valence electrons. The molecule has 0 saturated carbocycles. The van der Waals surface area contributed by atoms with Crippen LogP contribution in [-0.4, -0.2) is 43.0 Å². The predicted octanol–water partition coefficient (Wildman–Crippen LogP) is 3.04. The van der Waals surface area contributed by atoms with Gasteiger partial charge < -0.3 is 15.0 Å². The van der Waals surface area contributed by atoms with Crippen LogP contribution in [0.3, 0.4) is 0 Å². The van der Waals surface area contributed by atoms with Crippen molar-refractivity contribution in [1.29, 1.82) is 0 Å². The molecule has 0 aliphatic carbocycles. The van der Waals surface area contributed by atoms with E-state index in [1.54, 1.807) is 24.1 Å². The van der Waals surface area contributed by atoms with Crippen molar-refractivity contribution in [1.82, 2.24) is 10.2 Å². The van der Waals surface area contributed by atoms with Gasteiger partial charge in [-0.25, -0.2) is 0 Å². The van der Waals surface area contributed by atoms with Crippen LogP contribution in [0.2, 0.25) is 0 Å². The van der Waals surface area contributed by atoms with Crippen LogP contribution in [0, 0.1) is 6.92 Å². The molecule has 0 fully saturated rings. The highest BCUT2D eigenvalue weighted by molar-refractivity contribution is 5.94. The molecule has 1 N–H and O–H groups in total. The number of carbonyl (C=O) groups excluding carboxylic acids is 2. The van der Waals surface area contributed by atoms with Gasteiger partial charge in [-0.15, -0.1) is 0 Å². The number of nitrogens with zero attached hydrogens (tertiary/aromatic N) is 1. The van der Waals surface area contributed by atoms with Crippen LogP contribution in [0.4, 0.5) is 0 Å². The average Bonchev–Trinajstić information content (AvgIpc) is 2.62. The second kappa shape index (κ2) is 9.61. The van der Waals surface area contributed by atoms with Gasteiger partial charge in [0.1, 0.15) is 12.4 Å². The van der Waals surface area contributed by atoms with Gasteiger partial charge in [0.15, 0.2) is 0 Å². The van der Waals surface area contributed by atoms with Gasteiger partial charge in [-0.2, -0.15) is 0 Å². The number of benzene rings is 2. The maximum Gasteiger partial charge on any atom is 0.251 e. The molecule has 0 heterocycles. The number of hydrogen-bond acceptors (Lipinski definition) is 3. The molecular weight excluding hydrogens is 328 g/mol. The first-order valence-corrected chi connectivity index (χ1v) is 8.75. The highest BCUT2D eigenvalue weighted by Gasteiger charge is 2.16. The molecule has 0 aliphatic heterocycles. The van der Waals surface area contributed by atoms with Crippen LogP contribution in [0.1, 0.15) is 29.3 Å². The molecule has 1 atom stereocenters. The van der Waals surface area contributed by atoms with Crippen molar-refractivity contribution in [3.8, 4) is 5.75 Å². The lowest BCUT2D eigenvalue weighted by atomic mass is 10.1. The second-order valence-electron chi connectivity index (χ2n) is 6.42. The second-order valence-corrected chi connectivity index (χ2v) is 6.42. The topological polar surface area (TPSA) is 58.6 Å². The molecule has 2 rings (SSSR count). The Morgan fingerprint density at radius 2 is 1.85 bits per heavy atom. The lowest BCUT2D eigenvalue weighted by molar-refractivity contribution is -0.130. The Hall–Kier alpha value is -2.82. The number of ether oxygens (including phenoxy) is 1. The lowest BCUT2D eigenvalue weighted by Gasteiger charge is -2.20. The summed E-state index contributed by atoms with van der Waals surface area (Å²) in [5.41, 5.74) is 1.72. The van der Waals surface area contributed by atoms with Gasteiger partial charge in [0, 0.05) is 25.1 Å². The summed E-state index contributed by atoms with van der Waals surface area (Å²) in [7, 11) is 1.74. The van der Waals surface area contributed by atoms with E-state index in [2.05, 4.69) is 5.32 Å². The Kier molecular flexibility index (Phi) is 7.21. The molecule has 2 aromatic rings. The summed E-state index contributed by atoms with van der Waals surface area (Å²) in [4.78, 5) is 26.0. The van der Waals surface area contributed by atoms with Crippen LogP contribution in [0.5, 0.6) is 5.75 Å². The van der Waals surface area contributed by atoms with Crippen molar-refractivity contribution < 1.29 is 14.3 Å². The zero-order valence-corrected chi connectivity index (χ0v) is 15.6. The molecule has 0 aliphatic rings. The minimum atomic E-state index is -0.240. The van der Waals surface area contributed by atoms with E-state index in [9.17, 15) is 9.59 Å². The Bertz CT molecular complexity index is 731. The van der Waals surface area contributed by atoms with E-state index in [1.165, 1.54) is 0 Å². The lowest BCUT2D eigenvalue weighted by Crippen LogP contribution is -2.39. The molecule has 5 heteroatoms. The van der Waals surface area contributed by atoms with Gasteiger partial charge in [0.2, 0.25) is 5.91 Å². The van der Waals surface area contributed by atoms with E-state index >= 15 is 0 Å². The van der Waals surface area contributed by atoms with E-state index in [-0.39, 0.29) is 24.3 Å². The number of nitrogens with one attached hydrogen (secondary N) is 1. The summed E-state index contributed by atoms with van der Waals surface area (Å²) in [5.74, 6) is 0.601. The smallest absolute Gasteiger partial charge is 0.251 e. The summed E-state index contributed by atoms with van der Waals surface area (Å²) in [6.45, 7) is 4.76. The molecule has 1 unspecified atom stereocenters. The van der Waals surface area contributed by atoms with Gasteiger partial charge >= 0.3 is 0 Å². The fourth-order valence-corrected chi connectivity index (χ4v) is 2.50. The van der Waals surface area contributed by atoms with E-state index < -0.39 is 0 Å². The molecule has 0 bridgehead atoms. The normalized spacial score (nSPS) is 11.5. The van der Waals surface area contributed by atoms with Crippen LogP contribution in [0.15, 0.2) is 54.6 Å². The highest BCUT2D eigenvalue weighted by Crippen LogP contribution is 2.12. The van der Waals surface area contributed by atoms with E-state index in [0.29, 0.717) is 18.7 Å². The molecule has 0 spiro atoms. The summed E-state index contributed by atoms with van der Waals surface area (Å²) in [6, 6.07) is 16.5. The summed E-state index contributed by atoms with van der Waals surface area (Å²) >= 11 is 0. The summed E-state index contributed by atoms with van der Waals surface area (Å²) < 4.78 is 5.67. The van der Waals surface area contributed by atoms with E-state index in [0.717, 1.165) is 11.3 Å². The number of aryl methyl sites for hydroxylation is 1. The van der Waals surface area contributed by atoms with E-state index in [4.69, 9.17) is 4.74 Å². The van der Waals surface area contributed by atoms with Gasteiger partial charge in [0.05, 0.1) is 6.54 Å². The van der Waals surface area contributed by atoms with Gasteiger partial charge in [0.25, 0.3) is 5.91 Å². The number of likely N-dealkylation sites (N-methyl/N-ethyl adjacent to an activating group) is 1. The first kappa shape index (κ1) is 19.5. The molecule has 26 heavy (non-hydrogen) atoms. The van der Waals surface area contributed by atoms with Crippen molar-refractivity contribution in [2.75, 3.05) is 20.2 Å². The Morgan fingerprint density at radius 3 is 2.54 bits per heavy atom. The minimum absolute atomic E-state index is 0.0290. The quantitative estimate of drug-likeness (QED) is 0.793. The van der Waals surface area contributed by atoms with Gasteiger partial charge in [-0.3, -0.25) is 9.59 Å². The summed E-state index contributed by atoms with van der Waals surface area (Å²) in [6.07, 6.45) is 0.250. The van der Waals surface area contributed by atoms with Crippen molar-refractivity contribution in [3.05, 3.63) is 65.7 Å². The first-order valence-electron chi connectivity index (χ1n) is 8.75. The van der Waals surface area contributed by atoms with E-state index in [1.807, 2.05) is 56.3 Å². The van der Waals surface area contributed by atoms with Crippen molar-refractivity contribution in [3.63, 3.8) is 0 Å². The molecule has 2 amide bonds. The third-order valence-corrected chi connectivity index (χ3v) is 4.00. The summed E-state index contributed by atoms with van der Waals surface area (Å²) in [5, 5.41) is 2.85. The minimum Gasteiger partial charge on any atom is -0.492 e. The SMILES string of the molecule is Cc1cccc(OCCN(C)C(=O)CC(C)NC(=O)c2ccccc2)c1. The number of rotatable bonds is 8. The zero-order chi connectivity index (χ0) is 18.9. The van der Waals surface area contributed by atoms with Crippen LogP contribution >= 0.6 is 0 Å². The highest BCUT2D eigenvalue weighted by atomic mass is 16.5. The van der Waals surface area contributed by atoms with Crippen LogP contribution < -0.4 is 10.1 Å². The van der Waals surface area contributed by atoms with Gasteiger partial charge in [-0.1, -0.05) is 30.3 Å². The molecular formula is C21H26N2O3.